The summed E-state index contributed by atoms with van der Waals surface area (Å²) in [6.45, 7) is 3.79. The Morgan fingerprint density at radius 3 is 2.28 bits per heavy atom. The van der Waals surface area contributed by atoms with Crippen LogP contribution in [0.4, 0.5) is 5.69 Å². The van der Waals surface area contributed by atoms with Gasteiger partial charge < -0.3 is 9.84 Å². The van der Waals surface area contributed by atoms with Gasteiger partial charge in [0.2, 0.25) is 5.78 Å². The van der Waals surface area contributed by atoms with Crippen molar-refractivity contribution in [1.82, 2.24) is 4.98 Å². The summed E-state index contributed by atoms with van der Waals surface area (Å²) in [6, 6.07) is 22.6. The van der Waals surface area contributed by atoms with Gasteiger partial charge in [-0.3, -0.25) is 14.5 Å². The molecule has 1 atom stereocenters. The first kappa shape index (κ1) is 26.1. The number of benzene rings is 3. The van der Waals surface area contributed by atoms with Crippen LogP contribution < -0.4 is 4.90 Å². The molecule has 0 bridgehead atoms. The van der Waals surface area contributed by atoms with E-state index in [-0.39, 0.29) is 5.57 Å². The SMILES string of the molecule is CCc1ccc(C2C(C(=O)c3sc(-c4ccccc4)nc3C)=C(O)C(=O)N2c2ccc(C(=O)OC)cc2)cc1. The number of aliphatic hydroxyl groups excluding tert-OH is 1. The second-order valence-corrected chi connectivity index (χ2v) is 10.1. The van der Waals surface area contributed by atoms with E-state index in [1.807, 2.05) is 61.5 Å². The zero-order chi connectivity index (χ0) is 27.7. The standard InChI is InChI=1S/C31H26N2O5S/c1-4-19-10-12-20(13-11-19)25-24(26(34)28-18(2)32-29(39-28)21-8-6-5-7-9-21)27(35)30(36)33(25)23-16-14-22(15-17-23)31(37)38-3/h5-17,25,35H,4H2,1-3H3. The summed E-state index contributed by atoms with van der Waals surface area (Å²) in [5, 5.41) is 11.8. The number of amides is 1. The smallest absolute Gasteiger partial charge is 0.337 e. The molecule has 0 aliphatic carbocycles. The Bertz CT molecular complexity index is 1590. The molecule has 0 radical (unpaired) electrons. The monoisotopic (exact) mass is 538 g/mol. The molecular weight excluding hydrogens is 512 g/mol. The van der Waals surface area contributed by atoms with E-state index in [9.17, 15) is 19.5 Å². The lowest BCUT2D eigenvalue weighted by Crippen LogP contribution is -2.31. The third-order valence-electron chi connectivity index (χ3n) is 6.75. The van der Waals surface area contributed by atoms with Crippen molar-refractivity contribution in [2.75, 3.05) is 12.0 Å². The van der Waals surface area contributed by atoms with Gasteiger partial charge in [0.25, 0.3) is 5.91 Å². The van der Waals surface area contributed by atoms with E-state index in [0.29, 0.717) is 32.4 Å². The van der Waals surface area contributed by atoms with Crippen LogP contribution in [0.15, 0.2) is 90.2 Å². The lowest BCUT2D eigenvalue weighted by atomic mass is 9.94. The first-order chi connectivity index (χ1) is 18.8. The van der Waals surface area contributed by atoms with Crippen LogP contribution in [0.2, 0.25) is 0 Å². The maximum absolute atomic E-state index is 14.0. The molecule has 0 saturated carbocycles. The summed E-state index contributed by atoms with van der Waals surface area (Å²) in [7, 11) is 1.29. The average molecular weight is 539 g/mol. The summed E-state index contributed by atoms with van der Waals surface area (Å²) in [4.78, 5) is 45.8. The van der Waals surface area contributed by atoms with Crippen LogP contribution in [0.3, 0.4) is 0 Å². The fraction of sp³-hybridized carbons (Fsp3) is 0.161. The van der Waals surface area contributed by atoms with Crippen molar-refractivity contribution >= 4 is 34.7 Å². The second kappa shape index (κ2) is 10.7. The van der Waals surface area contributed by atoms with Crippen LogP contribution in [0.25, 0.3) is 10.6 Å². The van der Waals surface area contributed by atoms with Gasteiger partial charge in [0.05, 0.1) is 34.9 Å². The topological polar surface area (TPSA) is 96.8 Å². The molecule has 1 N–H and O–H groups in total. The number of ketones is 1. The third kappa shape index (κ3) is 4.75. The number of Topliss-reactive ketones (excluding diaryl/α,β-unsaturated/α-hetero) is 1. The largest absolute Gasteiger partial charge is 0.503 e. The molecule has 196 valence electrons. The van der Waals surface area contributed by atoms with Crippen molar-refractivity contribution < 1.29 is 24.2 Å². The molecular formula is C31H26N2O5S. The minimum atomic E-state index is -0.874. The molecule has 39 heavy (non-hydrogen) atoms. The number of rotatable bonds is 7. The van der Waals surface area contributed by atoms with Crippen molar-refractivity contribution in [1.29, 1.82) is 0 Å². The van der Waals surface area contributed by atoms with Crippen molar-refractivity contribution in [3.8, 4) is 10.6 Å². The van der Waals surface area contributed by atoms with E-state index < -0.39 is 29.5 Å². The maximum Gasteiger partial charge on any atom is 0.337 e. The van der Waals surface area contributed by atoms with Crippen molar-refractivity contribution in [3.05, 3.63) is 117 Å². The summed E-state index contributed by atoms with van der Waals surface area (Å²) >= 11 is 1.23. The molecule has 7 nitrogen and oxygen atoms in total. The highest BCUT2D eigenvalue weighted by atomic mass is 32.1. The van der Waals surface area contributed by atoms with Gasteiger partial charge in [-0.25, -0.2) is 9.78 Å². The number of aliphatic hydroxyl groups is 1. The summed E-state index contributed by atoms with van der Waals surface area (Å²) in [6.07, 6.45) is 0.831. The van der Waals surface area contributed by atoms with E-state index in [0.717, 1.165) is 17.5 Å². The fourth-order valence-corrected chi connectivity index (χ4v) is 5.69. The minimum Gasteiger partial charge on any atom is -0.503 e. The van der Waals surface area contributed by atoms with E-state index >= 15 is 0 Å². The average Bonchev–Trinajstić information content (AvgIpc) is 3.49. The van der Waals surface area contributed by atoms with Gasteiger partial charge in [0.15, 0.2) is 5.76 Å². The van der Waals surface area contributed by atoms with Crippen molar-refractivity contribution in [2.45, 2.75) is 26.3 Å². The number of ether oxygens (including phenoxy) is 1. The first-order valence-electron chi connectivity index (χ1n) is 12.5. The van der Waals surface area contributed by atoms with Gasteiger partial charge in [-0.15, -0.1) is 11.3 Å². The van der Waals surface area contributed by atoms with E-state index in [4.69, 9.17) is 4.74 Å². The number of carbonyl (C=O) groups is 3. The molecule has 1 unspecified atom stereocenters. The molecule has 3 aromatic carbocycles. The number of thiazole rings is 1. The van der Waals surface area contributed by atoms with Gasteiger partial charge in [-0.2, -0.15) is 0 Å². The Morgan fingerprint density at radius 2 is 1.67 bits per heavy atom. The number of anilines is 1. The molecule has 1 amide bonds. The summed E-state index contributed by atoms with van der Waals surface area (Å²) < 4.78 is 4.78. The lowest BCUT2D eigenvalue weighted by Gasteiger charge is -2.27. The summed E-state index contributed by atoms with van der Waals surface area (Å²) in [5.41, 5.74) is 3.92. The molecule has 5 rings (SSSR count). The maximum atomic E-state index is 14.0. The number of hydrogen-bond acceptors (Lipinski definition) is 7. The van der Waals surface area contributed by atoms with Crippen molar-refractivity contribution in [2.24, 2.45) is 0 Å². The van der Waals surface area contributed by atoms with E-state index in [1.54, 1.807) is 31.2 Å². The molecule has 8 heteroatoms. The Balaban J connectivity index is 1.60. The quantitative estimate of drug-likeness (QED) is 0.221. The van der Waals surface area contributed by atoms with Crippen molar-refractivity contribution in [3.63, 3.8) is 0 Å². The predicted molar refractivity (Wildman–Crippen MR) is 150 cm³/mol. The van der Waals surface area contributed by atoms with Crippen LogP contribution in [0.1, 0.15) is 49.8 Å². The van der Waals surface area contributed by atoms with Crippen LogP contribution in [0.5, 0.6) is 0 Å². The number of nitrogens with zero attached hydrogens (tertiary/aromatic N) is 2. The van der Waals surface area contributed by atoms with Gasteiger partial charge in [-0.1, -0.05) is 61.5 Å². The van der Waals surface area contributed by atoms with Crippen LogP contribution in [-0.4, -0.2) is 34.9 Å². The summed E-state index contributed by atoms with van der Waals surface area (Å²) in [5.74, 6) is -2.25. The molecule has 0 saturated heterocycles. The molecule has 1 aliphatic heterocycles. The van der Waals surface area contributed by atoms with Gasteiger partial charge in [-0.05, 0) is 48.7 Å². The van der Waals surface area contributed by atoms with Crippen LogP contribution in [0, 0.1) is 6.92 Å². The Hall–Kier alpha value is -4.56. The van der Waals surface area contributed by atoms with Crippen LogP contribution in [-0.2, 0) is 16.0 Å². The first-order valence-corrected chi connectivity index (χ1v) is 13.3. The molecule has 0 fully saturated rings. The molecule has 2 heterocycles. The highest BCUT2D eigenvalue weighted by Gasteiger charge is 2.45. The molecule has 1 aliphatic rings. The highest BCUT2D eigenvalue weighted by molar-refractivity contribution is 7.17. The van der Waals surface area contributed by atoms with E-state index in [2.05, 4.69) is 4.98 Å². The fourth-order valence-electron chi connectivity index (χ4n) is 4.66. The highest BCUT2D eigenvalue weighted by Crippen LogP contribution is 2.43. The number of methoxy groups -OCH3 is 1. The number of aromatic nitrogens is 1. The number of esters is 1. The number of hydrogen-bond donors (Lipinski definition) is 1. The number of aryl methyl sites for hydroxylation is 2. The Kier molecular flexibility index (Phi) is 7.13. The van der Waals surface area contributed by atoms with Gasteiger partial charge in [0.1, 0.15) is 5.01 Å². The molecule has 1 aromatic heterocycles. The van der Waals surface area contributed by atoms with Crippen LogP contribution >= 0.6 is 11.3 Å². The minimum absolute atomic E-state index is 0.00680. The van der Waals surface area contributed by atoms with Gasteiger partial charge >= 0.3 is 5.97 Å². The van der Waals surface area contributed by atoms with Gasteiger partial charge in [0, 0.05) is 11.3 Å². The predicted octanol–water partition coefficient (Wildman–Crippen LogP) is 6.25. The van der Waals surface area contributed by atoms with E-state index in [1.165, 1.54) is 23.3 Å². The molecule has 0 spiro atoms. The Morgan fingerprint density at radius 1 is 1.00 bits per heavy atom. The lowest BCUT2D eigenvalue weighted by molar-refractivity contribution is -0.117. The normalized spacial score (nSPS) is 15.1. The zero-order valence-electron chi connectivity index (χ0n) is 21.7. The third-order valence-corrected chi connectivity index (χ3v) is 7.95. The molecule has 4 aromatic rings. The second-order valence-electron chi connectivity index (χ2n) is 9.10. The zero-order valence-corrected chi connectivity index (χ0v) is 22.5. The Labute approximate surface area is 230 Å². The number of carbonyl (C=O) groups excluding carboxylic acids is 3.